The average Bonchev–Trinajstić information content (AvgIpc) is 2.26. The number of nitrogens with zero attached hydrogens (tertiary/aromatic N) is 1. The molecule has 0 radical (unpaired) electrons. The fourth-order valence-electron chi connectivity index (χ4n) is 1.81. The van der Waals surface area contributed by atoms with Crippen LogP contribution in [0.5, 0.6) is 0 Å². The molecule has 1 aromatic rings. The van der Waals surface area contributed by atoms with Crippen LogP contribution in [0.2, 0.25) is 5.02 Å². The molecule has 4 nitrogen and oxygen atoms in total. The summed E-state index contributed by atoms with van der Waals surface area (Å²) in [6.45, 7) is 0.678. The van der Waals surface area contributed by atoms with Gasteiger partial charge in [-0.05, 0) is 17.7 Å². The number of thioether (sulfide) groups is 1. The standard InChI is InChI=1S/C13H14ClNO3S/c14-11-3-1-2-9(4-11)7-19-8-12(16)15-5-10(6-15)13(17)18/h1-4,10H,5-8H2,(H,17,18). The van der Waals surface area contributed by atoms with E-state index in [9.17, 15) is 9.59 Å². The molecule has 1 fully saturated rings. The number of carboxylic acid groups (broad SMARTS) is 1. The van der Waals surface area contributed by atoms with Crippen LogP contribution in [0.25, 0.3) is 0 Å². The third-order valence-electron chi connectivity index (χ3n) is 2.97. The lowest BCUT2D eigenvalue weighted by atomic mass is 10.0. The lowest BCUT2D eigenvalue weighted by Gasteiger charge is -2.36. The van der Waals surface area contributed by atoms with Crippen LogP contribution in [0.1, 0.15) is 5.56 Å². The highest BCUT2D eigenvalue weighted by Gasteiger charge is 2.35. The summed E-state index contributed by atoms with van der Waals surface area (Å²) in [5, 5.41) is 9.42. The molecular formula is C13H14ClNO3S. The van der Waals surface area contributed by atoms with E-state index < -0.39 is 5.97 Å². The van der Waals surface area contributed by atoms with Crippen molar-refractivity contribution in [2.45, 2.75) is 5.75 Å². The van der Waals surface area contributed by atoms with E-state index in [0.717, 1.165) is 11.3 Å². The summed E-state index contributed by atoms with van der Waals surface area (Å²) >= 11 is 7.39. The van der Waals surface area contributed by atoms with Gasteiger partial charge in [-0.25, -0.2) is 0 Å². The van der Waals surface area contributed by atoms with Gasteiger partial charge < -0.3 is 10.0 Å². The van der Waals surface area contributed by atoms with E-state index in [-0.39, 0.29) is 11.8 Å². The second-order valence-corrected chi connectivity index (χ2v) is 5.88. The summed E-state index contributed by atoms with van der Waals surface area (Å²) in [7, 11) is 0. The maximum atomic E-state index is 11.7. The predicted octanol–water partition coefficient (Wildman–Crippen LogP) is 2.12. The Morgan fingerprint density at radius 3 is 2.79 bits per heavy atom. The van der Waals surface area contributed by atoms with Gasteiger partial charge in [0.15, 0.2) is 0 Å². The van der Waals surface area contributed by atoms with Gasteiger partial charge >= 0.3 is 5.97 Å². The number of halogens is 1. The highest BCUT2D eigenvalue weighted by atomic mass is 35.5. The van der Waals surface area contributed by atoms with Gasteiger partial charge in [0, 0.05) is 23.9 Å². The molecule has 0 aliphatic carbocycles. The van der Waals surface area contributed by atoms with Crippen molar-refractivity contribution in [3.8, 4) is 0 Å². The lowest BCUT2D eigenvalue weighted by molar-refractivity contribution is -0.151. The number of rotatable bonds is 5. The molecule has 6 heteroatoms. The summed E-state index contributed by atoms with van der Waals surface area (Å²) < 4.78 is 0. The molecular weight excluding hydrogens is 286 g/mol. The molecule has 1 heterocycles. The van der Waals surface area contributed by atoms with E-state index in [0.29, 0.717) is 23.9 Å². The zero-order valence-corrected chi connectivity index (χ0v) is 11.8. The first-order valence-electron chi connectivity index (χ1n) is 5.89. The van der Waals surface area contributed by atoms with E-state index in [1.54, 1.807) is 4.90 Å². The van der Waals surface area contributed by atoms with Gasteiger partial charge in [0.1, 0.15) is 0 Å². The molecule has 1 aliphatic heterocycles. The average molecular weight is 300 g/mol. The maximum absolute atomic E-state index is 11.7. The van der Waals surface area contributed by atoms with Crippen molar-refractivity contribution in [3.05, 3.63) is 34.9 Å². The quantitative estimate of drug-likeness (QED) is 0.905. The van der Waals surface area contributed by atoms with Crippen LogP contribution in [-0.2, 0) is 15.3 Å². The molecule has 0 unspecified atom stereocenters. The number of likely N-dealkylation sites (tertiary alicyclic amines) is 1. The van der Waals surface area contributed by atoms with Crippen LogP contribution in [0.3, 0.4) is 0 Å². The summed E-state index contributed by atoms with van der Waals surface area (Å²) in [5.41, 5.74) is 1.08. The first-order valence-corrected chi connectivity index (χ1v) is 7.42. The Bertz CT molecular complexity index is 489. The smallest absolute Gasteiger partial charge is 0.310 e. The van der Waals surface area contributed by atoms with Crippen LogP contribution >= 0.6 is 23.4 Å². The van der Waals surface area contributed by atoms with Crippen molar-refractivity contribution in [1.82, 2.24) is 4.90 Å². The minimum absolute atomic E-state index is 0.00419. The number of carbonyl (C=O) groups is 2. The lowest BCUT2D eigenvalue weighted by Crippen LogP contribution is -2.53. The summed E-state index contributed by atoms with van der Waals surface area (Å²) in [5.74, 6) is -0.108. The molecule has 102 valence electrons. The van der Waals surface area contributed by atoms with Gasteiger partial charge in [-0.1, -0.05) is 23.7 Å². The van der Waals surface area contributed by atoms with Gasteiger partial charge in [-0.2, -0.15) is 0 Å². The van der Waals surface area contributed by atoms with E-state index in [2.05, 4.69) is 0 Å². The number of hydrogen-bond acceptors (Lipinski definition) is 3. The van der Waals surface area contributed by atoms with Crippen LogP contribution in [0, 0.1) is 5.92 Å². The molecule has 1 saturated heterocycles. The number of amides is 1. The molecule has 1 aromatic carbocycles. The first kappa shape index (κ1) is 14.2. The fraction of sp³-hybridized carbons (Fsp3) is 0.385. The molecule has 0 saturated carbocycles. The summed E-state index contributed by atoms with van der Waals surface area (Å²) in [6.07, 6.45) is 0. The van der Waals surface area contributed by atoms with Gasteiger partial charge in [0.25, 0.3) is 0 Å². The summed E-state index contributed by atoms with van der Waals surface area (Å²) in [4.78, 5) is 23.9. The number of hydrogen-bond donors (Lipinski definition) is 1. The van der Waals surface area contributed by atoms with E-state index in [1.165, 1.54) is 11.8 Å². The normalized spacial score (nSPS) is 15.1. The SMILES string of the molecule is O=C(O)C1CN(C(=O)CSCc2cccc(Cl)c2)C1. The topological polar surface area (TPSA) is 57.6 Å². The molecule has 0 atom stereocenters. The van der Waals surface area contributed by atoms with Crippen molar-refractivity contribution in [2.24, 2.45) is 5.92 Å². The van der Waals surface area contributed by atoms with Crippen molar-refractivity contribution in [3.63, 3.8) is 0 Å². The van der Waals surface area contributed by atoms with Crippen LogP contribution in [0.15, 0.2) is 24.3 Å². The molecule has 2 rings (SSSR count). The third-order valence-corrected chi connectivity index (χ3v) is 4.19. The second kappa shape index (κ2) is 6.30. The first-order chi connectivity index (χ1) is 9.06. The van der Waals surface area contributed by atoms with Crippen molar-refractivity contribution in [1.29, 1.82) is 0 Å². The largest absolute Gasteiger partial charge is 0.481 e. The van der Waals surface area contributed by atoms with Gasteiger partial charge in [0.2, 0.25) is 5.91 Å². The predicted molar refractivity (Wildman–Crippen MR) is 75.3 cm³/mol. The fourth-order valence-corrected chi connectivity index (χ4v) is 2.90. The summed E-state index contributed by atoms with van der Waals surface area (Å²) in [6, 6.07) is 7.54. The molecule has 1 aliphatic rings. The Kier molecular flexibility index (Phi) is 4.71. The second-order valence-electron chi connectivity index (χ2n) is 4.46. The molecule has 19 heavy (non-hydrogen) atoms. The van der Waals surface area contributed by atoms with Gasteiger partial charge in [-0.3, -0.25) is 9.59 Å². The van der Waals surface area contributed by atoms with Gasteiger partial charge in [0.05, 0.1) is 11.7 Å². The monoisotopic (exact) mass is 299 g/mol. The zero-order chi connectivity index (χ0) is 13.8. The van der Waals surface area contributed by atoms with E-state index in [1.807, 2.05) is 24.3 Å². The zero-order valence-electron chi connectivity index (χ0n) is 10.2. The van der Waals surface area contributed by atoms with Crippen LogP contribution < -0.4 is 0 Å². The number of carbonyl (C=O) groups excluding carboxylic acids is 1. The van der Waals surface area contributed by atoms with Crippen molar-refractivity contribution in [2.75, 3.05) is 18.8 Å². The Labute approximate surface area is 120 Å². The Balaban J connectivity index is 1.69. The van der Waals surface area contributed by atoms with Crippen LogP contribution in [0.4, 0.5) is 0 Å². The minimum atomic E-state index is -0.823. The minimum Gasteiger partial charge on any atom is -0.481 e. The highest BCUT2D eigenvalue weighted by molar-refractivity contribution is 7.99. The molecule has 1 amide bonds. The Morgan fingerprint density at radius 2 is 2.16 bits per heavy atom. The molecule has 1 N–H and O–H groups in total. The number of benzene rings is 1. The Hall–Kier alpha value is -1.20. The van der Waals surface area contributed by atoms with Crippen LogP contribution in [-0.4, -0.2) is 40.7 Å². The Morgan fingerprint density at radius 1 is 1.42 bits per heavy atom. The third kappa shape index (κ3) is 3.88. The molecule has 0 bridgehead atoms. The molecule has 0 spiro atoms. The highest BCUT2D eigenvalue weighted by Crippen LogP contribution is 2.20. The van der Waals surface area contributed by atoms with Gasteiger partial charge in [-0.15, -0.1) is 11.8 Å². The van der Waals surface area contributed by atoms with Crippen molar-refractivity contribution < 1.29 is 14.7 Å². The van der Waals surface area contributed by atoms with E-state index >= 15 is 0 Å². The van der Waals surface area contributed by atoms with Crippen molar-refractivity contribution >= 4 is 35.2 Å². The number of carboxylic acids is 1. The maximum Gasteiger partial charge on any atom is 0.310 e. The number of aliphatic carboxylic acids is 1. The molecule has 0 aromatic heterocycles. The van der Waals surface area contributed by atoms with E-state index in [4.69, 9.17) is 16.7 Å².